The van der Waals surface area contributed by atoms with Gasteiger partial charge in [-0.2, -0.15) is 5.10 Å². The second-order valence-electron chi connectivity index (χ2n) is 5.80. The van der Waals surface area contributed by atoms with E-state index in [0.717, 1.165) is 23.4 Å². The maximum absolute atomic E-state index is 12.4. The van der Waals surface area contributed by atoms with E-state index in [9.17, 15) is 4.79 Å². The van der Waals surface area contributed by atoms with Gasteiger partial charge in [-0.1, -0.05) is 26.0 Å². The molecule has 0 fully saturated rings. The molecule has 1 unspecified atom stereocenters. The molecule has 0 radical (unpaired) electrons. The summed E-state index contributed by atoms with van der Waals surface area (Å²) < 4.78 is 7.06. The average molecular weight is 300 g/mol. The van der Waals surface area contributed by atoms with E-state index in [1.165, 1.54) is 10.2 Å². The normalized spacial score (nSPS) is 12.2. The fourth-order valence-electron chi connectivity index (χ4n) is 2.73. The highest BCUT2D eigenvalue weighted by Gasteiger charge is 2.20. The van der Waals surface area contributed by atoms with E-state index in [2.05, 4.69) is 18.9 Å². The molecule has 0 saturated carbocycles. The summed E-state index contributed by atoms with van der Waals surface area (Å²) in [4.78, 5) is 12.4. The van der Waals surface area contributed by atoms with E-state index in [1.54, 1.807) is 0 Å². The summed E-state index contributed by atoms with van der Waals surface area (Å²) in [6.45, 7) is 10.2. The summed E-state index contributed by atoms with van der Waals surface area (Å²) in [6.07, 6.45) is 1.03. The van der Waals surface area contributed by atoms with Gasteiger partial charge in [0.25, 0.3) is 5.91 Å². The molecule has 118 valence electrons. The van der Waals surface area contributed by atoms with Crippen molar-refractivity contribution in [2.24, 2.45) is 0 Å². The Kier molecular flexibility index (Phi) is 5.01. The first-order chi connectivity index (χ1) is 10.4. The van der Waals surface area contributed by atoms with Gasteiger partial charge >= 0.3 is 0 Å². The molecule has 0 aliphatic heterocycles. The summed E-state index contributed by atoms with van der Waals surface area (Å²) >= 11 is 0. The Bertz CT molecular complexity index is 674. The van der Waals surface area contributed by atoms with Crippen molar-refractivity contribution in [3.05, 3.63) is 46.8 Å². The monoisotopic (exact) mass is 300 g/mol. The van der Waals surface area contributed by atoms with Crippen LogP contribution in [0.15, 0.2) is 24.3 Å². The molecule has 0 saturated heterocycles. The lowest BCUT2D eigenvalue weighted by Crippen LogP contribution is -2.21. The molecule has 2 aromatic rings. The topological polar surface area (TPSA) is 44.1 Å². The van der Waals surface area contributed by atoms with E-state index in [4.69, 9.17) is 4.74 Å². The fraction of sp³-hybridized carbons (Fsp3) is 0.444. The van der Waals surface area contributed by atoms with Gasteiger partial charge in [0.15, 0.2) is 6.61 Å². The standard InChI is InChI=1S/C18H24N2O2/c1-6-13(3)18-14(4)19-20(15(18)5)17(21)11-22-16-9-7-8-12(2)10-16/h7-10,13H,6,11H2,1-5H3. The predicted molar refractivity (Wildman–Crippen MR) is 87.7 cm³/mol. The van der Waals surface area contributed by atoms with E-state index in [0.29, 0.717) is 11.7 Å². The lowest BCUT2D eigenvalue weighted by Gasteiger charge is -2.10. The van der Waals surface area contributed by atoms with Crippen molar-refractivity contribution >= 4 is 5.91 Å². The Balaban J connectivity index is 2.13. The van der Waals surface area contributed by atoms with Crippen LogP contribution < -0.4 is 4.74 Å². The largest absolute Gasteiger partial charge is 0.484 e. The molecule has 0 bridgehead atoms. The van der Waals surface area contributed by atoms with Gasteiger partial charge in [0, 0.05) is 5.69 Å². The molecule has 2 rings (SSSR count). The van der Waals surface area contributed by atoms with Crippen molar-refractivity contribution in [3.8, 4) is 5.75 Å². The van der Waals surface area contributed by atoms with Crippen molar-refractivity contribution in [1.29, 1.82) is 0 Å². The zero-order valence-corrected chi connectivity index (χ0v) is 14.0. The van der Waals surface area contributed by atoms with Gasteiger partial charge in [-0.05, 0) is 56.4 Å². The van der Waals surface area contributed by atoms with Gasteiger partial charge in [0.1, 0.15) is 5.75 Å². The molecule has 1 heterocycles. The first-order valence-electron chi connectivity index (χ1n) is 7.72. The Morgan fingerprint density at radius 3 is 2.68 bits per heavy atom. The van der Waals surface area contributed by atoms with E-state index in [-0.39, 0.29) is 12.5 Å². The van der Waals surface area contributed by atoms with Gasteiger partial charge in [-0.25, -0.2) is 4.68 Å². The summed E-state index contributed by atoms with van der Waals surface area (Å²) in [5, 5.41) is 4.40. The number of hydrogen-bond acceptors (Lipinski definition) is 3. The third-order valence-electron chi connectivity index (χ3n) is 4.04. The zero-order chi connectivity index (χ0) is 16.3. The number of hydrogen-bond donors (Lipinski definition) is 0. The van der Waals surface area contributed by atoms with Crippen LogP contribution in [-0.4, -0.2) is 22.3 Å². The van der Waals surface area contributed by atoms with Crippen molar-refractivity contribution in [1.82, 2.24) is 9.78 Å². The molecule has 22 heavy (non-hydrogen) atoms. The second kappa shape index (κ2) is 6.77. The number of ether oxygens (including phenoxy) is 1. The molecule has 0 aliphatic carbocycles. The van der Waals surface area contributed by atoms with Gasteiger partial charge in [-0.3, -0.25) is 4.79 Å². The van der Waals surface area contributed by atoms with Gasteiger partial charge < -0.3 is 4.74 Å². The van der Waals surface area contributed by atoms with Crippen LogP contribution in [-0.2, 0) is 0 Å². The molecular formula is C18H24N2O2. The molecule has 4 nitrogen and oxygen atoms in total. The highest BCUT2D eigenvalue weighted by atomic mass is 16.5. The fourth-order valence-corrected chi connectivity index (χ4v) is 2.73. The molecule has 1 atom stereocenters. The summed E-state index contributed by atoms with van der Waals surface area (Å²) in [6, 6.07) is 7.68. The highest BCUT2D eigenvalue weighted by Crippen LogP contribution is 2.25. The maximum Gasteiger partial charge on any atom is 0.284 e. The predicted octanol–water partition coefficient (Wildman–Crippen LogP) is 4.04. The van der Waals surface area contributed by atoms with Crippen molar-refractivity contribution in [2.75, 3.05) is 6.61 Å². The van der Waals surface area contributed by atoms with Crippen LogP contribution in [0.25, 0.3) is 0 Å². The Morgan fingerprint density at radius 2 is 2.05 bits per heavy atom. The first-order valence-corrected chi connectivity index (χ1v) is 7.72. The molecule has 1 aromatic heterocycles. The Labute approximate surface area is 132 Å². The van der Waals surface area contributed by atoms with Gasteiger partial charge in [0.2, 0.25) is 0 Å². The third kappa shape index (κ3) is 3.38. The number of aromatic nitrogens is 2. The van der Waals surface area contributed by atoms with Crippen LogP contribution in [0.1, 0.15) is 53.5 Å². The zero-order valence-electron chi connectivity index (χ0n) is 14.0. The van der Waals surface area contributed by atoms with Crippen LogP contribution >= 0.6 is 0 Å². The highest BCUT2D eigenvalue weighted by molar-refractivity contribution is 5.80. The molecule has 0 N–H and O–H groups in total. The molecular weight excluding hydrogens is 276 g/mol. The summed E-state index contributed by atoms with van der Waals surface area (Å²) in [7, 11) is 0. The minimum atomic E-state index is -0.142. The minimum Gasteiger partial charge on any atom is -0.484 e. The summed E-state index contributed by atoms with van der Waals surface area (Å²) in [5.74, 6) is 0.966. The minimum absolute atomic E-state index is 0.00857. The molecule has 0 aliphatic rings. The number of nitrogens with zero attached hydrogens (tertiary/aromatic N) is 2. The SMILES string of the molecule is CCC(C)c1c(C)nn(C(=O)COc2cccc(C)c2)c1C. The number of rotatable bonds is 5. The number of aryl methyl sites for hydroxylation is 2. The quantitative estimate of drug-likeness (QED) is 0.837. The molecule has 1 aromatic carbocycles. The molecule has 0 amide bonds. The lowest BCUT2D eigenvalue weighted by molar-refractivity contribution is 0.0818. The van der Waals surface area contributed by atoms with Gasteiger partial charge in [-0.15, -0.1) is 0 Å². The Hall–Kier alpha value is -2.10. The van der Waals surface area contributed by atoms with Crippen molar-refractivity contribution < 1.29 is 9.53 Å². The van der Waals surface area contributed by atoms with E-state index < -0.39 is 0 Å². The molecule has 4 heteroatoms. The maximum atomic E-state index is 12.4. The lowest BCUT2D eigenvalue weighted by atomic mass is 9.97. The van der Waals surface area contributed by atoms with Gasteiger partial charge in [0.05, 0.1) is 5.69 Å². The van der Waals surface area contributed by atoms with Crippen LogP contribution in [0.2, 0.25) is 0 Å². The van der Waals surface area contributed by atoms with E-state index >= 15 is 0 Å². The average Bonchev–Trinajstić information content (AvgIpc) is 2.79. The van der Waals surface area contributed by atoms with Crippen molar-refractivity contribution in [2.45, 2.75) is 47.0 Å². The number of benzene rings is 1. The first kappa shape index (κ1) is 16.3. The number of carbonyl (C=O) groups is 1. The van der Waals surface area contributed by atoms with Crippen molar-refractivity contribution in [3.63, 3.8) is 0 Å². The van der Waals surface area contributed by atoms with E-state index in [1.807, 2.05) is 45.0 Å². The van der Waals surface area contributed by atoms with Crippen LogP contribution in [0.5, 0.6) is 5.75 Å². The number of carbonyl (C=O) groups excluding carboxylic acids is 1. The molecule has 0 spiro atoms. The summed E-state index contributed by atoms with van der Waals surface area (Å²) in [5.41, 5.74) is 4.13. The van der Waals surface area contributed by atoms with Crippen LogP contribution in [0.3, 0.4) is 0 Å². The Morgan fingerprint density at radius 1 is 1.32 bits per heavy atom. The van der Waals surface area contributed by atoms with Crippen LogP contribution in [0.4, 0.5) is 0 Å². The smallest absolute Gasteiger partial charge is 0.284 e. The third-order valence-corrected chi connectivity index (χ3v) is 4.04. The van der Waals surface area contributed by atoms with Crippen LogP contribution in [0, 0.1) is 20.8 Å². The second-order valence-corrected chi connectivity index (χ2v) is 5.80.